The summed E-state index contributed by atoms with van der Waals surface area (Å²) in [5.74, 6) is -1.03. The first-order chi connectivity index (χ1) is 12.4. The molecular weight excluding hydrogens is 354 g/mol. The second-order valence-corrected chi connectivity index (χ2v) is 4.55. The molecule has 0 bridgehead atoms. The van der Waals surface area contributed by atoms with Gasteiger partial charge in [0.25, 0.3) is 0 Å². The van der Waals surface area contributed by atoms with E-state index in [0.717, 1.165) is 38.5 Å². The van der Waals surface area contributed by atoms with Gasteiger partial charge in [-0.1, -0.05) is 10.3 Å². The number of halogens is 2. The molecule has 0 aliphatic heterocycles. The van der Waals surface area contributed by atoms with Gasteiger partial charge >= 0.3 is 12.2 Å². The van der Waals surface area contributed by atoms with Gasteiger partial charge in [-0.25, -0.2) is 28.0 Å². The first-order valence-corrected chi connectivity index (χ1v) is 7.07. The summed E-state index contributed by atoms with van der Waals surface area (Å²) in [6, 6.07) is 9.13. The smallest absolute Gasteiger partial charge is 0.407 e. The van der Waals surface area contributed by atoms with Gasteiger partial charge < -0.3 is 9.47 Å². The number of benzene rings is 2. The fraction of sp³-hybridized carbons (Fsp3) is 0.125. The van der Waals surface area contributed by atoms with E-state index in [2.05, 4.69) is 0 Å². The van der Waals surface area contributed by atoms with Crippen molar-refractivity contribution in [3.63, 3.8) is 0 Å². The molecule has 0 saturated heterocycles. The highest BCUT2D eigenvalue weighted by atomic mass is 19.1. The van der Waals surface area contributed by atoms with Crippen LogP contribution in [-0.2, 0) is 9.68 Å². The minimum atomic E-state index is -1.17. The van der Waals surface area contributed by atoms with Gasteiger partial charge in [0.1, 0.15) is 23.1 Å². The zero-order chi connectivity index (χ0) is 19.1. The molecule has 0 N–H and O–H groups in total. The molecular formula is C16H14F2N2O6. The van der Waals surface area contributed by atoms with Crippen LogP contribution < -0.4 is 9.47 Å². The van der Waals surface area contributed by atoms with Crippen LogP contribution in [0.1, 0.15) is 0 Å². The van der Waals surface area contributed by atoms with Gasteiger partial charge in [0, 0.05) is 0 Å². The molecule has 2 aromatic carbocycles. The molecule has 26 heavy (non-hydrogen) atoms. The lowest BCUT2D eigenvalue weighted by Gasteiger charge is -2.27. The maximum atomic E-state index is 12.9. The Bertz CT molecular complexity index is 689. The summed E-state index contributed by atoms with van der Waals surface area (Å²) in [5, 5.41) is 0.657. The van der Waals surface area contributed by atoms with Crippen molar-refractivity contribution in [1.29, 1.82) is 0 Å². The molecule has 8 nitrogen and oxygen atoms in total. The van der Waals surface area contributed by atoms with Crippen LogP contribution in [0.15, 0.2) is 48.5 Å². The van der Waals surface area contributed by atoms with Crippen molar-refractivity contribution < 1.29 is 37.5 Å². The van der Waals surface area contributed by atoms with E-state index in [4.69, 9.17) is 19.1 Å². The normalized spacial score (nSPS) is 10.2. The Kier molecular flexibility index (Phi) is 6.42. The molecule has 0 saturated carbocycles. The van der Waals surface area contributed by atoms with E-state index < -0.39 is 23.8 Å². The van der Waals surface area contributed by atoms with Crippen molar-refractivity contribution >= 4 is 12.2 Å². The highest BCUT2D eigenvalue weighted by Crippen LogP contribution is 2.16. The predicted molar refractivity (Wildman–Crippen MR) is 82.5 cm³/mol. The van der Waals surface area contributed by atoms with Crippen LogP contribution in [0.2, 0.25) is 0 Å². The SMILES string of the molecule is CON(C(=O)Oc1ccc(F)cc1)N(OC)C(=O)Oc1ccc(F)cc1. The van der Waals surface area contributed by atoms with E-state index in [9.17, 15) is 18.4 Å². The van der Waals surface area contributed by atoms with Crippen molar-refractivity contribution in [1.82, 2.24) is 10.3 Å². The maximum Gasteiger partial charge on any atom is 0.461 e. The first kappa shape index (κ1) is 19.1. The lowest BCUT2D eigenvalue weighted by atomic mass is 10.3. The van der Waals surface area contributed by atoms with Gasteiger partial charge in [0.2, 0.25) is 0 Å². The van der Waals surface area contributed by atoms with Crippen LogP contribution in [-0.4, -0.2) is 36.8 Å². The Labute approximate surface area is 146 Å². The number of hydrazine groups is 1. The molecule has 0 heterocycles. The molecule has 0 fully saturated rings. The van der Waals surface area contributed by atoms with Crippen LogP contribution in [0.25, 0.3) is 0 Å². The van der Waals surface area contributed by atoms with Crippen molar-refractivity contribution in [3.05, 3.63) is 60.2 Å². The highest BCUT2D eigenvalue weighted by Gasteiger charge is 2.31. The molecule has 0 aliphatic rings. The zero-order valence-electron chi connectivity index (χ0n) is 13.7. The van der Waals surface area contributed by atoms with Crippen molar-refractivity contribution in [3.8, 4) is 11.5 Å². The van der Waals surface area contributed by atoms with Gasteiger partial charge in [-0.15, -0.1) is 0 Å². The second kappa shape index (κ2) is 8.74. The molecule has 2 aromatic rings. The Morgan fingerprint density at radius 2 is 1.00 bits per heavy atom. The lowest BCUT2D eigenvalue weighted by molar-refractivity contribution is -0.333. The lowest BCUT2D eigenvalue weighted by Crippen LogP contribution is -2.50. The van der Waals surface area contributed by atoms with Gasteiger partial charge in [-0.2, -0.15) is 0 Å². The number of carbonyl (C=O) groups excluding carboxylic acids is 2. The Balaban J connectivity index is 2.08. The number of hydroxylamine groups is 2. The summed E-state index contributed by atoms with van der Waals surface area (Å²) in [7, 11) is 2.15. The molecule has 0 radical (unpaired) electrons. The number of hydrogen-bond donors (Lipinski definition) is 0. The average molecular weight is 368 g/mol. The van der Waals surface area contributed by atoms with E-state index in [-0.39, 0.29) is 11.5 Å². The third-order valence-corrected chi connectivity index (χ3v) is 2.86. The molecule has 0 aliphatic carbocycles. The number of amides is 2. The standard InChI is InChI=1S/C16H14F2N2O6/c1-23-19(15(21)25-13-7-3-11(17)4-8-13)20(24-2)16(22)26-14-9-5-12(18)6-10-14/h3-10H,1-2H3. The fourth-order valence-corrected chi connectivity index (χ4v) is 1.73. The largest absolute Gasteiger partial charge is 0.461 e. The third-order valence-electron chi connectivity index (χ3n) is 2.86. The van der Waals surface area contributed by atoms with Gasteiger partial charge in [-0.05, 0) is 48.5 Å². The van der Waals surface area contributed by atoms with Crippen molar-refractivity contribution in [2.24, 2.45) is 0 Å². The molecule has 2 amide bonds. The summed E-state index contributed by atoms with van der Waals surface area (Å²) >= 11 is 0. The Morgan fingerprint density at radius 1 is 0.692 bits per heavy atom. The van der Waals surface area contributed by atoms with E-state index in [0.29, 0.717) is 10.3 Å². The summed E-state index contributed by atoms with van der Waals surface area (Å²) < 4.78 is 35.6. The van der Waals surface area contributed by atoms with Crippen molar-refractivity contribution in [2.75, 3.05) is 14.2 Å². The molecule has 0 aromatic heterocycles. The van der Waals surface area contributed by atoms with Gasteiger partial charge in [-0.3, -0.25) is 0 Å². The van der Waals surface area contributed by atoms with Gasteiger partial charge in [0.15, 0.2) is 0 Å². The average Bonchev–Trinajstić information content (AvgIpc) is 2.63. The van der Waals surface area contributed by atoms with Crippen LogP contribution in [0, 0.1) is 11.6 Å². The second-order valence-electron chi connectivity index (χ2n) is 4.55. The molecule has 0 spiro atoms. The minimum Gasteiger partial charge on any atom is -0.407 e. The summed E-state index contributed by atoms with van der Waals surface area (Å²) in [4.78, 5) is 33.8. The summed E-state index contributed by atoms with van der Waals surface area (Å²) in [6.45, 7) is 0. The Hall–Kier alpha value is -3.24. The molecule has 2 rings (SSSR count). The van der Waals surface area contributed by atoms with Crippen LogP contribution in [0.3, 0.4) is 0 Å². The van der Waals surface area contributed by atoms with E-state index in [1.807, 2.05) is 0 Å². The van der Waals surface area contributed by atoms with E-state index in [1.54, 1.807) is 0 Å². The first-order valence-electron chi connectivity index (χ1n) is 7.07. The number of carbonyl (C=O) groups is 2. The fourth-order valence-electron chi connectivity index (χ4n) is 1.73. The summed E-state index contributed by atoms with van der Waals surface area (Å²) in [5.41, 5.74) is 0. The molecule has 138 valence electrons. The topological polar surface area (TPSA) is 77.5 Å². The van der Waals surface area contributed by atoms with Crippen molar-refractivity contribution in [2.45, 2.75) is 0 Å². The van der Waals surface area contributed by atoms with E-state index in [1.165, 1.54) is 24.3 Å². The number of hydrogen-bond acceptors (Lipinski definition) is 6. The maximum absolute atomic E-state index is 12.9. The molecule has 10 heteroatoms. The number of ether oxygens (including phenoxy) is 2. The number of nitrogens with zero attached hydrogens (tertiary/aromatic N) is 2. The predicted octanol–water partition coefficient (Wildman–Crippen LogP) is 3.30. The molecule has 0 atom stereocenters. The zero-order valence-corrected chi connectivity index (χ0v) is 13.7. The van der Waals surface area contributed by atoms with Gasteiger partial charge in [0.05, 0.1) is 14.2 Å². The van der Waals surface area contributed by atoms with Crippen LogP contribution >= 0.6 is 0 Å². The quantitative estimate of drug-likeness (QED) is 0.771. The van der Waals surface area contributed by atoms with Crippen LogP contribution in [0.4, 0.5) is 18.4 Å². The number of rotatable bonds is 4. The summed E-state index contributed by atoms with van der Waals surface area (Å²) in [6.07, 6.45) is -2.34. The monoisotopic (exact) mass is 368 g/mol. The Morgan fingerprint density at radius 3 is 1.27 bits per heavy atom. The van der Waals surface area contributed by atoms with E-state index >= 15 is 0 Å². The third kappa shape index (κ3) is 4.88. The molecule has 0 unspecified atom stereocenters. The van der Waals surface area contributed by atoms with Crippen LogP contribution in [0.5, 0.6) is 11.5 Å². The minimum absolute atomic E-state index is 0.00130. The highest BCUT2D eigenvalue weighted by molar-refractivity contribution is 5.75.